The molecular formula is C30H22O12. The minimum atomic E-state index is -1.86. The first-order chi connectivity index (χ1) is 19.7. The monoisotopic (exact) mass is 574 g/mol. The summed E-state index contributed by atoms with van der Waals surface area (Å²) in [7, 11) is 2.62. The summed E-state index contributed by atoms with van der Waals surface area (Å²) in [6, 6.07) is 5.02. The summed E-state index contributed by atoms with van der Waals surface area (Å²) in [6.07, 6.45) is 1.98. The number of aliphatic hydroxyl groups excluding tert-OH is 2. The van der Waals surface area contributed by atoms with Crippen LogP contribution in [0.15, 0.2) is 59.1 Å². The van der Waals surface area contributed by atoms with Crippen LogP contribution in [0.5, 0.6) is 23.0 Å². The fraction of sp³-hybridized carbons (Fsp3) is 0.200. The maximum Gasteiger partial charge on any atom is 0.343 e. The van der Waals surface area contributed by atoms with Crippen LogP contribution in [-0.2, 0) is 19.1 Å². The molecule has 6 rings (SSSR count). The Morgan fingerprint density at radius 1 is 0.619 bits per heavy atom. The number of methoxy groups -OCH3 is 2. The van der Waals surface area contributed by atoms with E-state index in [0.29, 0.717) is 0 Å². The van der Waals surface area contributed by atoms with E-state index >= 15 is 0 Å². The average molecular weight is 574 g/mol. The molecule has 0 saturated carbocycles. The molecule has 12 heteroatoms. The molecule has 0 amide bonds. The number of aromatic hydroxyl groups is 2. The fourth-order valence-corrected chi connectivity index (χ4v) is 5.97. The van der Waals surface area contributed by atoms with Crippen molar-refractivity contribution in [2.24, 2.45) is 0 Å². The number of rotatable bonds is 3. The van der Waals surface area contributed by atoms with Gasteiger partial charge in [0.15, 0.2) is 22.7 Å². The topological polar surface area (TPSA) is 186 Å². The van der Waals surface area contributed by atoms with Crippen molar-refractivity contribution in [2.75, 3.05) is 14.2 Å². The molecule has 0 fully saturated rings. The van der Waals surface area contributed by atoms with Crippen LogP contribution in [0.3, 0.4) is 0 Å². The van der Waals surface area contributed by atoms with E-state index in [1.807, 2.05) is 0 Å². The molecule has 12 nitrogen and oxygen atoms in total. The normalized spacial score (nSPS) is 24.5. The maximum absolute atomic E-state index is 13.9. The van der Waals surface area contributed by atoms with Gasteiger partial charge in [-0.15, -0.1) is 0 Å². The zero-order valence-corrected chi connectivity index (χ0v) is 22.5. The highest BCUT2D eigenvalue weighted by atomic mass is 16.6. The number of carbonyl (C=O) groups excluding carboxylic acids is 4. The Labute approximate surface area is 237 Å². The molecule has 42 heavy (non-hydrogen) atoms. The number of phenolic OH excluding ortho intramolecular Hbond substituents is 2. The van der Waals surface area contributed by atoms with E-state index in [1.165, 1.54) is 40.2 Å². The predicted octanol–water partition coefficient (Wildman–Crippen LogP) is 3.23. The number of carbonyl (C=O) groups is 4. The van der Waals surface area contributed by atoms with Gasteiger partial charge in [0.1, 0.15) is 34.1 Å². The van der Waals surface area contributed by atoms with Crippen LogP contribution in [0, 0.1) is 0 Å². The second kappa shape index (κ2) is 8.49. The van der Waals surface area contributed by atoms with Crippen molar-refractivity contribution in [2.45, 2.75) is 25.0 Å². The highest BCUT2D eigenvalue weighted by Gasteiger charge is 2.54. The molecule has 4 aliphatic rings. The lowest BCUT2D eigenvalue weighted by Gasteiger charge is -2.42. The van der Waals surface area contributed by atoms with Gasteiger partial charge in [-0.3, -0.25) is 9.59 Å². The number of ketones is 2. The van der Waals surface area contributed by atoms with E-state index in [9.17, 15) is 39.6 Å². The quantitative estimate of drug-likeness (QED) is 0.393. The third kappa shape index (κ3) is 3.41. The SMILES string of the molecule is COc1cc(O)c2c(c1)C1=C(C3=C4c5cc(OC)cc(O)c5C(=O)O[C@]4(C)C=C(O)C3=O)C(=O)C(O)=C[C@@]1(C)OC2=O. The molecule has 0 unspecified atom stereocenters. The van der Waals surface area contributed by atoms with Crippen molar-refractivity contribution >= 4 is 34.7 Å². The van der Waals surface area contributed by atoms with Crippen molar-refractivity contribution in [3.05, 3.63) is 81.3 Å². The van der Waals surface area contributed by atoms with E-state index in [-0.39, 0.29) is 44.9 Å². The lowest BCUT2D eigenvalue weighted by atomic mass is 9.68. The number of benzene rings is 2. The summed E-state index contributed by atoms with van der Waals surface area (Å²) < 4.78 is 21.8. The molecule has 0 spiro atoms. The van der Waals surface area contributed by atoms with Crippen LogP contribution in [0.1, 0.15) is 45.7 Å². The van der Waals surface area contributed by atoms with E-state index in [0.717, 1.165) is 24.3 Å². The number of esters is 2. The third-order valence-corrected chi connectivity index (χ3v) is 7.70. The summed E-state index contributed by atoms with van der Waals surface area (Å²) in [5, 5.41) is 43.0. The van der Waals surface area contributed by atoms with Gasteiger partial charge in [-0.1, -0.05) is 0 Å². The molecule has 4 N–H and O–H groups in total. The van der Waals surface area contributed by atoms with Crippen molar-refractivity contribution in [3.8, 4) is 23.0 Å². The van der Waals surface area contributed by atoms with Crippen LogP contribution in [-0.4, -0.2) is 69.4 Å². The number of hydrogen-bond donors (Lipinski definition) is 4. The number of fused-ring (bicyclic) bond motifs is 6. The number of hydrogen-bond acceptors (Lipinski definition) is 12. The lowest BCUT2D eigenvalue weighted by molar-refractivity contribution is -0.117. The van der Waals surface area contributed by atoms with Crippen molar-refractivity contribution in [1.82, 2.24) is 0 Å². The fourth-order valence-electron chi connectivity index (χ4n) is 5.97. The summed E-state index contributed by atoms with van der Waals surface area (Å²) in [4.78, 5) is 53.9. The summed E-state index contributed by atoms with van der Waals surface area (Å²) in [5.41, 5.74) is -5.73. The zero-order chi connectivity index (χ0) is 30.5. The third-order valence-electron chi connectivity index (χ3n) is 7.70. The molecule has 2 aliphatic heterocycles. The molecule has 2 heterocycles. The van der Waals surface area contributed by atoms with Crippen LogP contribution >= 0.6 is 0 Å². The van der Waals surface area contributed by atoms with Gasteiger partial charge in [-0.2, -0.15) is 0 Å². The summed E-state index contributed by atoms with van der Waals surface area (Å²) in [6.45, 7) is 2.72. The largest absolute Gasteiger partial charge is 0.507 e. The van der Waals surface area contributed by atoms with Gasteiger partial charge < -0.3 is 39.4 Å². The molecular weight excluding hydrogens is 552 g/mol. The molecule has 2 aromatic carbocycles. The molecule has 0 bridgehead atoms. The Balaban J connectivity index is 1.84. The van der Waals surface area contributed by atoms with E-state index < -0.39 is 68.9 Å². The average Bonchev–Trinajstić information content (AvgIpc) is 2.90. The van der Waals surface area contributed by atoms with Crippen molar-refractivity contribution < 1.29 is 58.6 Å². The maximum atomic E-state index is 13.9. The molecule has 0 saturated heterocycles. The highest BCUT2D eigenvalue weighted by molar-refractivity contribution is 6.31. The number of aliphatic hydroxyl groups is 2. The molecule has 2 aromatic rings. The first-order valence-corrected chi connectivity index (χ1v) is 12.5. The number of allylic oxidation sites excluding steroid dienone is 2. The number of phenols is 2. The van der Waals surface area contributed by atoms with Crippen molar-refractivity contribution in [3.63, 3.8) is 0 Å². The summed E-state index contributed by atoms with van der Waals surface area (Å²) >= 11 is 0. The van der Waals surface area contributed by atoms with Crippen LogP contribution < -0.4 is 9.47 Å². The van der Waals surface area contributed by atoms with Gasteiger partial charge in [0.25, 0.3) is 0 Å². The minimum absolute atomic E-state index is 0.0455. The second-order valence-electron chi connectivity index (χ2n) is 10.3. The van der Waals surface area contributed by atoms with Gasteiger partial charge in [0, 0.05) is 57.7 Å². The zero-order valence-electron chi connectivity index (χ0n) is 22.5. The standard InChI is InChI=1S/C30H22O12/c1-29-9-17(33)25(35)21(23(29)13-5-11(39-3)7-15(31)19(13)27(37)41-29)22-24-14-6-12(40-4)8-16(32)20(14)28(38)42-30(24,2)10-18(34)26(22)36/h5-10,31-34H,1-4H3/t29-,30-/m1/s1. The first-order valence-electron chi connectivity index (χ1n) is 12.5. The molecule has 2 aliphatic carbocycles. The predicted molar refractivity (Wildman–Crippen MR) is 142 cm³/mol. The van der Waals surface area contributed by atoms with Gasteiger partial charge in [0.2, 0.25) is 11.6 Å². The van der Waals surface area contributed by atoms with Crippen LogP contribution in [0.25, 0.3) is 11.1 Å². The van der Waals surface area contributed by atoms with Gasteiger partial charge in [-0.05, 0) is 26.0 Å². The van der Waals surface area contributed by atoms with Crippen molar-refractivity contribution in [1.29, 1.82) is 0 Å². The van der Waals surface area contributed by atoms with E-state index in [4.69, 9.17) is 18.9 Å². The lowest BCUT2D eigenvalue weighted by Crippen LogP contribution is -2.44. The molecule has 0 radical (unpaired) electrons. The number of ether oxygens (including phenoxy) is 4. The Hall–Kier alpha value is -5.52. The Bertz CT molecular complexity index is 1700. The van der Waals surface area contributed by atoms with Gasteiger partial charge in [-0.25, -0.2) is 9.59 Å². The minimum Gasteiger partial charge on any atom is -0.507 e. The van der Waals surface area contributed by atoms with Gasteiger partial charge >= 0.3 is 11.9 Å². The summed E-state index contributed by atoms with van der Waals surface area (Å²) in [5.74, 6) is -6.80. The van der Waals surface area contributed by atoms with Crippen LogP contribution in [0.4, 0.5) is 0 Å². The highest BCUT2D eigenvalue weighted by Crippen LogP contribution is 2.54. The smallest absolute Gasteiger partial charge is 0.343 e. The Kier molecular flexibility index (Phi) is 5.40. The number of Topliss-reactive ketones (excluding diaryl/α,β-unsaturated/α-hetero) is 2. The van der Waals surface area contributed by atoms with E-state index in [2.05, 4.69) is 0 Å². The van der Waals surface area contributed by atoms with Gasteiger partial charge in [0.05, 0.1) is 14.2 Å². The molecule has 214 valence electrons. The first kappa shape index (κ1) is 26.7. The van der Waals surface area contributed by atoms with E-state index in [1.54, 1.807) is 0 Å². The Morgan fingerprint density at radius 3 is 1.31 bits per heavy atom. The second-order valence-corrected chi connectivity index (χ2v) is 10.3. The van der Waals surface area contributed by atoms with Crippen LogP contribution in [0.2, 0.25) is 0 Å². The Morgan fingerprint density at radius 2 is 0.976 bits per heavy atom. The molecule has 0 aromatic heterocycles. The molecule has 2 atom stereocenters.